The molecule has 9 heavy (non-hydrogen) atoms. The van der Waals surface area contributed by atoms with Gasteiger partial charge >= 0.3 is 0 Å². The lowest BCUT2D eigenvalue weighted by atomic mass is 10.4. The second-order valence-electron chi connectivity index (χ2n) is 1.71. The Morgan fingerprint density at radius 3 is 1.89 bits per heavy atom. The molecule has 0 aromatic carbocycles. The fourth-order valence-electron chi connectivity index (χ4n) is 0.224. The monoisotopic (exact) mass is 130 g/mol. The summed E-state index contributed by atoms with van der Waals surface area (Å²) < 4.78 is 0. The minimum atomic E-state index is 0.503. The number of nitrogens with one attached hydrogen (secondary N) is 1. The molecule has 0 aromatic rings. The average molecular weight is 130 g/mol. The number of nitrogens with zero attached hydrogens (tertiary/aromatic N) is 1. The van der Waals surface area contributed by atoms with Crippen molar-refractivity contribution >= 4 is 6.34 Å². The first kappa shape index (κ1) is 11.3. The van der Waals surface area contributed by atoms with Crippen molar-refractivity contribution in [2.24, 2.45) is 4.99 Å². The molecule has 1 N–H and O–H groups in total. The van der Waals surface area contributed by atoms with Gasteiger partial charge in [0.1, 0.15) is 0 Å². The van der Waals surface area contributed by atoms with Crippen LogP contribution >= 0.6 is 0 Å². The summed E-state index contributed by atoms with van der Waals surface area (Å²) in [5.41, 5.74) is 0. The lowest BCUT2D eigenvalue weighted by molar-refractivity contribution is 0.743. The zero-order chi connectivity index (χ0) is 7.70. The maximum Gasteiger partial charge on any atom is 0.0822 e. The third-order valence-corrected chi connectivity index (χ3v) is 0.537. The third-order valence-electron chi connectivity index (χ3n) is 0.537. The summed E-state index contributed by atoms with van der Waals surface area (Å²) in [7, 11) is 1.75. The fourth-order valence-corrected chi connectivity index (χ4v) is 0.224. The molecule has 56 valence electrons. The molecule has 0 unspecified atom stereocenters. The number of rotatable bonds is 2. The molecule has 0 aliphatic carbocycles. The summed E-state index contributed by atoms with van der Waals surface area (Å²) >= 11 is 0. The van der Waals surface area contributed by atoms with E-state index in [1.807, 2.05) is 13.8 Å². The van der Waals surface area contributed by atoms with Crippen LogP contribution in [0, 0.1) is 0 Å². The molecule has 0 rings (SSSR count). The van der Waals surface area contributed by atoms with Crippen LogP contribution in [0.15, 0.2) is 4.99 Å². The molecule has 0 fully saturated rings. The van der Waals surface area contributed by atoms with Crippen molar-refractivity contribution in [2.45, 2.75) is 33.7 Å². The van der Waals surface area contributed by atoms with Gasteiger partial charge in [-0.1, -0.05) is 13.8 Å². The van der Waals surface area contributed by atoms with Crippen molar-refractivity contribution in [3.63, 3.8) is 0 Å². The number of aliphatic imine (C=N–C) groups is 1. The zero-order valence-corrected chi connectivity index (χ0v) is 7.10. The van der Waals surface area contributed by atoms with E-state index in [2.05, 4.69) is 24.2 Å². The van der Waals surface area contributed by atoms with E-state index in [1.54, 1.807) is 13.4 Å². The molecule has 0 aliphatic heterocycles. The predicted molar refractivity (Wildman–Crippen MR) is 44.0 cm³/mol. The summed E-state index contributed by atoms with van der Waals surface area (Å²) in [6.45, 7) is 8.14. The Labute approximate surface area is 58.4 Å². The van der Waals surface area contributed by atoms with Crippen LogP contribution in [0.3, 0.4) is 0 Å². The first-order chi connectivity index (χ1) is 4.27. The van der Waals surface area contributed by atoms with Crippen molar-refractivity contribution in [3.05, 3.63) is 0 Å². The van der Waals surface area contributed by atoms with E-state index in [4.69, 9.17) is 0 Å². The van der Waals surface area contributed by atoms with Crippen molar-refractivity contribution in [1.29, 1.82) is 0 Å². The van der Waals surface area contributed by atoms with Gasteiger partial charge in [0, 0.05) is 13.1 Å². The van der Waals surface area contributed by atoms with Gasteiger partial charge in [-0.05, 0) is 13.8 Å². The number of hydrogen-bond acceptors (Lipinski definition) is 1. The van der Waals surface area contributed by atoms with E-state index < -0.39 is 0 Å². The normalized spacial score (nSPS) is 9.11. The molecule has 0 bridgehead atoms. The molecule has 2 heteroatoms. The second kappa shape index (κ2) is 10.5. The van der Waals surface area contributed by atoms with E-state index in [1.165, 1.54) is 0 Å². The second-order valence-corrected chi connectivity index (χ2v) is 1.71. The topological polar surface area (TPSA) is 24.4 Å². The zero-order valence-electron chi connectivity index (χ0n) is 7.10. The standard InChI is InChI=1S/C5H12N2.C2H6/c1-5(2)7-4-6-3;1-2/h4-5H,1-3H3,(H,6,7);1-2H3. The van der Waals surface area contributed by atoms with E-state index in [0.717, 1.165) is 0 Å². The van der Waals surface area contributed by atoms with Crippen LogP contribution in [0.25, 0.3) is 0 Å². The van der Waals surface area contributed by atoms with Gasteiger partial charge in [0.05, 0.1) is 6.34 Å². The van der Waals surface area contributed by atoms with Gasteiger partial charge in [0.15, 0.2) is 0 Å². The Balaban J connectivity index is 0. The van der Waals surface area contributed by atoms with Gasteiger partial charge in [-0.2, -0.15) is 0 Å². The smallest absolute Gasteiger partial charge is 0.0822 e. The largest absolute Gasteiger partial charge is 0.374 e. The molecule has 0 heterocycles. The highest BCUT2D eigenvalue weighted by Gasteiger charge is 1.80. The summed E-state index contributed by atoms with van der Waals surface area (Å²) in [6.07, 6.45) is 1.70. The molecule has 0 radical (unpaired) electrons. The van der Waals surface area contributed by atoms with Crippen LogP contribution in [0.1, 0.15) is 27.7 Å². The van der Waals surface area contributed by atoms with Gasteiger partial charge < -0.3 is 5.32 Å². The van der Waals surface area contributed by atoms with E-state index >= 15 is 0 Å². The third kappa shape index (κ3) is 18.6. The Bertz CT molecular complexity index is 57.9. The number of hydrogen-bond donors (Lipinski definition) is 1. The van der Waals surface area contributed by atoms with Crippen LogP contribution in [0.4, 0.5) is 0 Å². The average Bonchev–Trinajstić information content (AvgIpc) is 1.88. The SMILES string of the molecule is CC.CN=CNC(C)C. The Morgan fingerprint density at radius 2 is 1.78 bits per heavy atom. The maximum atomic E-state index is 3.74. The summed E-state index contributed by atoms with van der Waals surface area (Å²) in [4.78, 5) is 3.74. The van der Waals surface area contributed by atoms with Crippen molar-refractivity contribution in [2.75, 3.05) is 7.05 Å². The summed E-state index contributed by atoms with van der Waals surface area (Å²) in [5.74, 6) is 0. The Morgan fingerprint density at radius 1 is 1.33 bits per heavy atom. The minimum absolute atomic E-state index is 0.503. The molecule has 0 saturated heterocycles. The highest BCUT2D eigenvalue weighted by Crippen LogP contribution is 1.69. The molecular weight excluding hydrogens is 112 g/mol. The highest BCUT2D eigenvalue weighted by molar-refractivity contribution is 5.54. The molecule has 0 aromatic heterocycles. The lowest BCUT2D eigenvalue weighted by Gasteiger charge is -1.99. The van der Waals surface area contributed by atoms with Crippen LogP contribution in [-0.2, 0) is 0 Å². The van der Waals surface area contributed by atoms with Crippen LogP contribution < -0.4 is 5.32 Å². The van der Waals surface area contributed by atoms with Crippen molar-refractivity contribution in [3.8, 4) is 0 Å². The van der Waals surface area contributed by atoms with Crippen molar-refractivity contribution < 1.29 is 0 Å². The van der Waals surface area contributed by atoms with Gasteiger partial charge in [-0.25, -0.2) is 0 Å². The predicted octanol–water partition coefficient (Wildman–Crippen LogP) is 1.67. The molecule has 0 amide bonds. The highest BCUT2D eigenvalue weighted by atomic mass is 14.9. The van der Waals surface area contributed by atoms with Crippen LogP contribution in [0.5, 0.6) is 0 Å². The fraction of sp³-hybridized carbons (Fsp3) is 0.857. The van der Waals surface area contributed by atoms with E-state index in [9.17, 15) is 0 Å². The first-order valence-corrected chi connectivity index (χ1v) is 3.44. The van der Waals surface area contributed by atoms with Crippen LogP contribution in [0.2, 0.25) is 0 Å². The van der Waals surface area contributed by atoms with Gasteiger partial charge in [-0.3, -0.25) is 4.99 Å². The molecule has 0 saturated carbocycles. The minimum Gasteiger partial charge on any atom is -0.374 e. The summed E-state index contributed by atoms with van der Waals surface area (Å²) in [6, 6.07) is 0.503. The lowest BCUT2D eigenvalue weighted by Crippen LogP contribution is -2.19. The first-order valence-electron chi connectivity index (χ1n) is 3.44. The van der Waals surface area contributed by atoms with E-state index in [-0.39, 0.29) is 0 Å². The van der Waals surface area contributed by atoms with Gasteiger partial charge in [0.25, 0.3) is 0 Å². The quantitative estimate of drug-likeness (QED) is 0.446. The van der Waals surface area contributed by atoms with Crippen molar-refractivity contribution in [1.82, 2.24) is 5.32 Å². The van der Waals surface area contributed by atoms with E-state index in [0.29, 0.717) is 6.04 Å². The Hall–Kier alpha value is -0.530. The van der Waals surface area contributed by atoms with Gasteiger partial charge in [0.2, 0.25) is 0 Å². The summed E-state index contributed by atoms with van der Waals surface area (Å²) in [5, 5.41) is 3.00. The van der Waals surface area contributed by atoms with Gasteiger partial charge in [-0.15, -0.1) is 0 Å². The molecule has 2 nitrogen and oxygen atoms in total. The molecular formula is C7H18N2. The Kier molecular flexibility index (Phi) is 13.1. The molecule has 0 spiro atoms. The molecule has 0 atom stereocenters. The molecule has 0 aliphatic rings. The van der Waals surface area contributed by atoms with Crippen LogP contribution in [-0.4, -0.2) is 19.4 Å². The maximum absolute atomic E-state index is 3.74.